The highest BCUT2D eigenvalue weighted by Gasteiger charge is 2.51. The minimum absolute atomic E-state index is 0.0594. The largest absolute Gasteiger partial charge is 0.328 e. The first-order valence-electron chi connectivity index (χ1n) is 9.34. The van der Waals surface area contributed by atoms with Gasteiger partial charge in [0.15, 0.2) is 0 Å². The van der Waals surface area contributed by atoms with Crippen LogP contribution in [0, 0.1) is 0 Å². The number of aromatic nitrogens is 2. The van der Waals surface area contributed by atoms with Crippen molar-refractivity contribution < 1.29 is 18.4 Å². The molecule has 1 aliphatic heterocycles. The lowest BCUT2D eigenvalue weighted by Gasteiger charge is -2.34. The Hall–Kier alpha value is -2.42. The summed E-state index contributed by atoms with van der Waals surface area (Å²) in [4.78, 5) is 34.8. The number of rotatable bonds is 6. The average molecular weight is 465 g/mol. The second-order valence-electron chi connectivity index (χ2n) is 7.52. The van der Waals surface area contributed by atoms with Crippen LogP contribution >= 0.6 is 15.9 Å². The van der Waals surface area contributed by atoms with Crippen molar-refractivity contribution in [3.8, 4) is 0 Å². The van der Waals surface area contributed by atoms with E-state index < -0.39 is 12.3 Å². The highest BCUT2D eigenvalue weighted by Crippen LogP contribution is 2.52. The van der Waals surface area contributed by atoms with Crippen molar-refractivity contribution in [3.63, 3.8) is 0 Å². The minimum Gasteiger partial charge on any atom is -0.328 e. The normalized spacial score (nSPS) is 16.8. The van der Waals surface area contributed by atoms with Gasteiger partial charge in [-0.2, -0.15) is 0 Å². The average Bonchev–Trinajstić information content (AvgIpc) is 3.45. The van der Waals surface area contributed by atoms with Crippen LogP contribution in [0.2, 0.25) is 0 Å². The molecule has 1 aliphatic carbocycles. The quantitative estimate of drug-likeness (QED) is 0.708. The predicted octanol–water partition coefficient (Wildman–Crippen LogP) is 3.56. The number of anilines is 1. The van der Waals surface area contributed by atoms with Gasteiger partial charge in [0.2, 0.25) is 18.3 Å². The van der Waals surface area contributed by atoms with Crippen LogP contribution in [0.4, 0.5) is 14.7 Å². The molecule has 4 rings (SSSR count). The van der Waals surface area contributed by atoms with Gasteiger partial charge in [0, 0.05) is 40.8 Å². The number of carbonyl (C=O) groups is 2. The second-order valence-corrected chi connectivity index (χ2v) is 8.44. The zero-order valence-electron chi connectivity index (χ0n) is 15.5. The molecule has 0 bridgehead atoms. The van der Waals surface area contributed by atoms with E-state index in [1.165, 1.54) is 12.4 Å². The molecule has 2 aromatic rings. The maximum atomic E-state index is 12.8. The molecule has 0 radical (unpaired) electrons. The summed E-state index contributed by atoms with van der Waals surface area (Å²) in [7, 11) is 0. The van der Waals surface area contributed by atoms with Gasteiger partial charge in [-0.3, -0.25) is 14.9 Å². The molecule has 9 heteroatoms. The van der Waals surface area contributed by atoms with Crippen LogP contribution in [-0.4, -0.2) is 46.2 Å². The fourth-order valence-corrected chi connectivity index (χ4v) is 4.06. The van der Waals surface area contributed by atoms with Crippen molar-refractivity contribution in [2.24, 2.45) is 0 Å². The molecule has 1 N–H and O–H groups in total. The molecule has 2 heterocycles. The van der Waals surface area contributed by atoms with E-state index in [1.54, 1.807) is 11.0 Å². The first-order chi connectivity index (χ1) is 13.9. The third-order valence-corrected chi connectivity index (χ3v) is 5.85. The van der Waals surface area contributed by atoms with E-state index in [1.807, 2.05) is 12.1 Å². The molecular weight excluding hydrogens is 446 g/mol. The predicted molar refractivity (Wildman–Crippen MR) is 106 cm³/mol. The number of hydrogen-bond acceptors (Lipinski definition) is 4. The van der Waals surface area contributed by atoms with E-state index in [0.717, 1.165) is 22.9 Å². The molecule has 2 amide bonds. The van der Waals surface area contributed by atoms with Crippen molar-refractivity contribution in [1.82, 2.24) is 14.9 Å². The first-order valence-corrected chi connectivity index (χ1v) is 10.1. The zero-order valence-corrected chi connectivity index (χ0v) is 17.1. The Morgan fingerprint density at radius 1 is 1.28 bits per heavy atom. The van der Waals surface area contributed by atoms with Crippen molar-refractivity contribution in [2.45, 2.75) is 37.5 Å². The van der Waals surface area contributed by atoms with E-state index >= 15 is 0 Å². The molecule has 1 fully saturated rings. The van der Waals surface area contributed by atoms with E-state index in [4.69, 9.17) is 0 Å². The molecule has 1 spiro atoms. The number of hydrogen-bond donors (Lipinski definition) is 1. The van der Waals surface area contributed by atoms with E-state index in [0.29, 0.717) is 17.7 Å². The number of halogens is 3. The van der Waals surface area contributed by atoms with Gasteiger partial charge in [-0.15, -0.1) is 0 Å². The number of alkyl halides is 2. The molecule has 1 aromatic carbocycles. The maximum Gasteiger partial charge on any atom is 0.254 e. The van der Waals surface area contributed by atoms with Crippen molar-refractivity contribution in [1.29, 1.82) is 0 Å². The monoisotopic (exact) mass is 464 g/mol. The molecule has 0 saturated heterocycles. The van der Waals surface area contributed by atoms with Gasteiger partial charge in [0.05, 0.1) is 0 Å². The molecule has 1 aromatic heterocycles. The molecule has 0 atom stereocenters. The molecular formula is C20H19BrF2N4O2. The summed E-state index contributed by atoms with van der Waals surface area (Å²) in [6, 6.07) is 5.63. The highest BCUT2D eigenvalue weighted by molar-refractivity contribution is 9.10. The summed E-state index contributed by atoms with van der Waals surface area (Å²) in [5, 5.41) is 2.57. The van der Waals surface area contributed by atoms with Crippen LogP contribution in [0.3, 0.4) is 0 Å². The molecule has 2 aliphatic rings. The molecule has 6 nitrogen and oxygen atoms in total. The third-order valence-electron chi connectivity index (χ3n) is 5.36. The number of amides is 2. The number of benzene rings is 1. The lowest BCUT2D eigenvalue weighted by Crippen LogP contribution is -2.46. The fraction of sp³-hybridized carbons (Fsp3) is 0.400. The smallest absolute Gasteiger partial charge is 0.254 e. The molecule has 1 saturated carbocycles. The van der Waals surface area contributed by atoms with Crippen LogP contribution in [-0.2, 0) is 16.6 Å². The maximum absolute atomic E-state index is 12.8. The van der Waals surface area contributed by atoms with Crippen LogP contribution in [0.1, 0.15) is 40.7 Å². The lowest BCUT2D eigenvalue weighted by atomic mass is 9.86. The fourth-order valence-electron chi connectivity index (χ4n) is 3.70. The van der Waals surface area contributed by atoms with Gasteiger partial charge in [-0.1, -0.05) is 15.9 Å². The summed E-state index contributed by atoms with van der Waals surface area (Å²) in [5.74, 6) is -0.468. The highest BCUT2D eigenvalue weighted by atomic mass is 79.9. The SMILES string of the molecule is O=C(CN1CC2(CC2)c2cc(Br)ccc2C1=O)Nc1ncc(CCC(F)F)cn1. The summed E-state index contributed by atoms with van der Waals surface area (Å²) >= 11 is 3.46. The van der Waals surface area contributed by atoms with Gasteiger partial charge >= 0.3 is 0 Å². The van der Waals surface area contributed by atoms with Crippen molar-refractivity contribution >= 4 is 33.7 Å². The standard InChI is InChI=1S/C20H19BrF2N4O2/c21-13-2-3-14-15(7-13)20(5-6-20)11-27(18(14)29)10-17(28)26-19-24-8-12(9-25-19)1-4-16(22)23/h2-3,7-9,16H,1,4-6,10-11H2,(H,24,25,26,28). The Morgan fingerprint density at radius 2 is 2.00 bits per heavy atom. The summed E-state index contributed by atoms with van der Waals surface area (Å²) in [6.45, 7) is 0.419. The van der Waals surface area contributed by atoms with Gasteiger partial charge in [-0.05, 0) is 48.6 Å². The Bertz CT molecular complexity index is 948. The number of nitrogens with zero attached hydrogens (tertiary/aromatic N) is 3. The zero-order chi connectivity index (χ0) is 20.6. The summed E-state index contributed by atoms with van der Waals surface area (Å²) in [6.07, 6.45) is 2.36. The van der Waals surface area contributed by atoms with Crippen molar-refractivity contribution in [2.75, 3.05) is 18.4 Å². The van der Waals surface area contributed by atoms with E-state index in [2.05, 4.69) is 31.2 Å². The van der Waals surface area contributed by atoms with Crippen LogP contribution < -0.4 is 5.32 Å². The number of aryl methyl sites for hydroxylation is 1. The van der Waals surface area contributed by atoms with Crippen LogP contribution in [0.15, 0.2) is 35.1 Å². The number of carbonyl (C=O) groups excluding carboxylic acids is 2. The molecule has 0 unspecified atom stereocenters. The summed E-state index contributed by atoms with van der Waals surface area (Å²) < 4.78 is 25.5. The Morgan fingerprint density at radius 3 is 2.66 bits per heavy atom. The minimum atomic E-state index is -2.38. The van der Waals surface area contributed by atoms with E-state index in [-0.39, 0.29) is 36.7 Å². The van der Waals surface area contributed by atoms with Crippen LogP contribution in [0.5, 0.6) is 0 Å². The number of fused-ring (bicyclic) bond motifs is 2. The lowest BCUT2D eigenvalue weighted by molar-refractivity contribution is -0.117. The first kappa shape index (κ1) is 19.9. The third kappa shape index (κ3) is 4.29. The molecule has 29 heavy (non-hydrogen) atoms. The van der Waals surface area contributed by atoms with Gasteiger partial charge < -0.3 is 4.90 Å². The second kappa shape index (κ2) is 7.78. The van der Waals surface area contributed by atoms with Gasteiger partial charge in [-0.25, -0.2) is 18.7 Å². The van der Waals surface area contributed by atoms with Gasteiger partial charge in [0.1, 0.15) is 6.54 Å². The van der Waals surface area contributed by atoms with Crippen molar-refractivity contribution in [3.05, 3.63) is 51.8 Å². The van der Waals surface area contributed by atoms with Gasteiger partial charge in [0.25, 0.3) is 5.91 Å². The number of nitrogens with one attached hydrogen (secondary N) is 1. The van der Waals surface area contributed by atoms with Crippen LogP contribution in [0.25, 0.3) is 0 Å². The molecule has 152 valence electrons. The summed E-state index contributed by atoms with van der Waals surface area (Å²) in [5.41, 5.74) is 2.21. The Labute approximate surface area is 174 Å². The Balaban J connectivity index is 1.40. The Kier molecular flexibility index (Phi) is 5.33. The van der Waals surface area contributed by atoms with E-state index in [9.17, 15) is 18.4 Å². The topological polar surface area (TPSA) is 75.2 Å².